The molecule has 0 aromatic heterocycles. The molecular weight excluding hydrogens is 532 g/mol. The van der Waals surface area contributed by atoms with Crippen LogP contribution in [-0.2, 0) is 16.0 Å². The third kappa shape index (κ3) is 5.02. The lowest BCUT2D eigenvalue weighted by Crippen LogP contribution is -2.32. The van der Waals surface area contributed by atoms with Crippen molar-refractivity contribution in [3.05, 3.63) is 97.6 Å². The van der Waals surface area contributed by atoms with Crippen LogP contribution in [-0.4, -0.2) is 17.7 Å². The largest absolute Gasteiger partial charge is 0.350 e. The number of halogens is 4. The molecule has 0 radical (unpaired) electrons. The normalized spacial score (nSPS) is 13.5. The average Bonchev–Trinajstić information content (AvgIpc) is 3.05. The number of nitrogens with one attached hydrogen (secondary N) is 2. The fourth-order valence-corrected chi connectivity index (χ4v) is 4.35. The smallest absolute Gasteiger partial charge is 0.283 e. The number of amides is 3. The van der Waals surface area contributed by atoms with Gasteiger partial charge in [-0.3, -0.25) is 14.4 Å². The molecule has 6 nitrogen and oxygen atoms in total. The van der Waals surface area contributed by atoms with Gasteiger partial charge < -0.3 is 10.6 Å². The highest BCUT2D eigenvalue weighted by Crippen LogP contribution is 2.38. The van der Waals surface area contributed by atoms with Crippen LogP contribution in [0.4, 0.5) is 17.1 Å². The Morgan fingerprint density at radius 2 is 1.51 bits per heavy atom. The van der Waals surface area contributed by atoms with Gasteiger partial charge in [-0.2, -0.15) is 0 Å². The lowest BCUT2D eigenvalue weighted by atomic mass is 10.1. The van der Waals surface area contributed by atoms with Crippen LogP contribution in [0.15, 0.2) is 71.4 Å². The average molecular weight is 549 g/mol. The van der Waals surface area contributed by atoms with Crippen LogP contribution in [0.3, 0.4) is 0 Å². The summed E-state index contributed by atoms with van der Waals surface area (Å²) in [5.41, 5.74) is 2.57. The molecule has 1 heterocycles. The second kappa shape index (κ2) is 10.3. The summed E-state index contributed by atoms with van der Waals surface area (Å²) in [6, 6.07) is 16.6. The quantitative estimate of drug-likeness (QED) is 0.259. The number of hydrogen-bond acceptors (Lipinski definition) is 4. The maximum Gasteiger partial charge on any atom is 0.283 e. The van der Waals surface area contributed by atoms with Crippen molar-refractivity contribution >= 4 is 81.2 Å². The molecule has 35 heavy (non-hydrogen) atoms. The molecule has 1 aliphatic heterocycles. The van der Waals surface area contributed by atoms with E-state index in [4.69, 9.17) is 46.4 Å². The van der Waals surface area contributed by atoms with Crippen molar-refractivity contribution in [2.75, 3.05) is 15.5 Å². The summed E-state index contributed by atoms with van der Waals surface area (Å²) >= 11 is 24.3. The van der Waals surface area contributed by atoms with Crippen molar-refractivity contribution in [2.45, 2.75) is 13.3 Å². The van der Waals surface area contributed by atoms with Crippen LogP contribution < -0.4 is 15.5 Å². The number of anilines is 3. The Morgan fingerprint density at radius 1 is 0.857 bits per heavy atom. The molecule has 10 heteroatoms. The predicted octanol–water partition coefficient (Wildman–Crippen LogP) is 6.90. The van der Waals surface area contributed by atoms with Gasteiger partial charge in [-0.1, -0.05) is 71.5 Å². The summed E-state index contributed by atoms with van der Waals surface area (Å²) in [5, 5.41) is 5.81. The molecule has 0 saturated heterocycles. The first kappa shape index (κ1) is 25.1. The number of carbonyl (C=O) groups is 3. The molecule has 0 unspecified atom stereocenters. The first-order valence-corrected chi connectivity index (χ1v) is 11.9. The lowest BCUT2D eigenvalue weighted by Gasteiger charge is -2.17. The highest BCUT2D eigenvalue weighted by molar-refractivity contribution is 6.54. The molecule has 2 N–H and O–H groups in total. The maximum absolute atomic E-state index is 13.0. The van der Waals surface area contributed by atoms with Crippen LogP contribution >= 0.6 is 46.4 Å². The number of imide groups is 1. The summed E-state index contributed by atoms with van der Waals surface area (Å²) in [6.07, 6.45) is 0.784. The van der Waals surface area contributed by atoms with Gasteiger partial charge in [0.05, 0.1) is 20.8 Å². The maximum atomic E-state index is 13.0. The Balaban J connectivity index is 1.51. The summed E-state index contributed by atoms with van der Waals surface area (Å²) in [7, 11) is 0. The van der Waals surface area contributed by atoms with Crippen molar-refractivity contribution in [3.63, 3.8) is 0 Å². The van der Waals surface area contributed by atoms with Crippen LogP contribution in [0, 0.1) is 0 Å². The first-order valence-electron chi connectivity index (χ1n) is 10.4. The minimum absolute atomic E-state index is 0.0606. The van der Waals surface area contributed by atoms with Crippen LogP contribution in [0.2, 0.25) is 15.1 Å². The summed E-state index contributed by atoms with van der Waals surface area (Å²) in [6.45, 7) is 2.01. The Labute approximate surface area is 221 Å². The van der Waals surface area contributed by atoms with E-state index in [1.807, 2.05) is 31.2 Å². The van der Waals surface area contributed by atoms with E-state index in [0.29, 0.717) is 11.3 Å². The van der Waals surface area contributed by atoms with Crippen LogP contribution in [0.5, 0.6) is 0 Å². The minimum Gasteiger partial charge on any atom is -0.350 e. The second-order valence-electron chi connectivity index (χ2n) is 7.52. The second-order valence-corrected chi connectivity index (χ2v) is 9.12. The van der Waals surface area contributed by atoms with Crippen molar-refractivity contribution in [1.29, 1.82) is 0 Å². The van der Waals surface area contributed by atoms with E-state index < -0.39 is 11.8 Å². The Hall–Kier alpha value is -3.03. The zero-order chi connectivity index (χ0) is 25.3. The number of nitrogens with zero attached hydrogens (tertiary/aromatic N) is 1. The molecule has 3 aromatic rings. The minimum atomic E-state index is -0.759. The molecule has 0 bridgehead atoms. The lowest BCUT2D eigenvalue weighted by molar-refractivity contribution is -0.120. The van der Waals surface area contributed by atoms with Gasteiger partial charge in [-0.15, -0.1) is 0 Å². The number of para-hydroxylation sites is 1. The van der Waals surface area contributed by atoms with Gasteiger partial charge in [0.15, 0.2) is 0 Å². The Kier molecular flexibility index (Phi) is 7.38. The van der Waals surface area contributed by atoms with E-state index in [0.717, 1.165) is 22.6 Å². The number of aryl methyl sites for hydroxylation is 1. The van der Waals surface area contributed by atoms with Gasteiger partial charge in [-0.25, -0.2) is 4.90 Å². The van der Waals surface area contributed by atoms with Crippen molar-refractivity contribution in [1.82, 2.24) is 0 Å². The molecule has 3 aromatic carbocycles. The van der Waals surface area contributed by atoms with E-state index in [2.05, 4.69) is 10.6 Å². The fraction of sp³-hybridized carbons (Fsp3) is 0.0800. The van der Waals surface area contributed by atoms with Gasteiger partial charge in [0.1, 0.15) is 10.7 Å². The monoisotopic (exact) mass is 547 g/mol. The van der Waals surface area contributed by atoms with E-state index in [1.165, 1.54) is 12.1 Å². The Morgan fingerprint density at radius 3 is 2.20 bits per heavy atom. The third-order valence-electron chi connectivity index (χ3n) is 5.32. The van der Waals surface area contributed by atoms with Gasteiger partial charge in [0.2, 0.25) is 0 Å². The molecule has 0 fully saturated rings. The molecule has 3 amide bonds. The van der Waals surface area contributed by atoms with E-state index in [9.17, 15) is 14.4 Å². The molecule has 4 rings (SSSR count). The first-order chi connectivity index (χ1) is 16.7. The molecule has 1 aliphatic rings. The molecule has 0 saturated carbocycles. The summed E-state index contributed by atoms with van der Waals surface area (Å²) in [5.74, 6) is -1.74. The Bertz CT molecular complexity index is 1390. The third-order valence-corrected chi connectivity index (χ3v) is 6.70. The fourth-order valence-electron chi connectivity index (χ4n) is 3.51. The van der Waals surface area contributed by atoms with E-state index >= 15 is 0 Å². The van der Waals surface area contributed by atoms with E-state index in [-0.39, 0.29) is 37.4 Å². The molecule has 0 aliphatic carbocycles. The van der Waals surface area contributed by atoms with Crippen LogP contribution in [0.25, 0.3) is 0 Å². The highest BCUT2D eigenvalue weighted by atomic mass is 35.5. The van der Waals surface area contributed by atoms with Gasteiger partial charge in [0, 0.05) is 16.9 Å². The number of rotatable bonds is 6. The van der Waals surface area contributed by atoms with Crippen LogP contribution in [0.1, 0.15) is 22.8 Å². The highest BCUT2D eigenvalue weighted by Gasteiger charge is 2.40. The van der Waals surface area contributed by atoms with Gasteiger partial charge in [-0.05, 0) is 54.4 Å². The molecule has 0 spiro atoms. The van der Waals surface area contributed by atoms with Gasteiger partial charge >= 0.3 is 0 Å². The topological polar surface area (TPSA) is 78.5 Å². The number of hydrogen-bond donors (Lipinski definition) is 2. The standard InChI is InChI=1S/C25H17Cl4N3O3/c1-2-13-5-3-4-6-19(13)31-23(33)14-7-9-15(10-8-14)30-22-21(29)24(34)32(25(22)35)20-12-17(27)16(26)11-18(20)28/h3-12,30H,2H2,1H3,(H,31,33). The zero-order valence-electron chi connectivity index (χ0n) is 18.2. The molecule has 0 atom stereocenters. The van der Waals surface area contributed by atoms with Crippen molar-refractivity contribution in [3.8, 4) is 0 Å². The van der Waals surface area contributed by atoms with E-state index in [1.54, 1.807) is 24.3 Å². The van der Waals surface area contributed by atoms with Crippen molar-refractivity contribution < 1.29 is 14.4 Å². The van der Waals surface area contributed by atoms with Gasteiger partial charge in [0.25, 0.3) is 17.7 Å². The van der Waals surface area contributed by atoms with Crippen molar-refractivity contribution in [2.24, 2.45) is 0 Å². The number of benzene rings is 3. The molecular formula is C25H17Cl4N3O3. The summed E-state index contributed by atoms with van der Waals surface area (Å²) in [4.78, 5) is 39.2. The summed E-state index contributed by atoms with van der Waals surface area (Å²) < 4.78 is 0. The SMILES string of the molecule is CCc1ccccc1NC(=O)c1ccc(NC2=C(Cl)C(=O)N(c3cc(Cl)c(Cl)cc3Cl)C2=O)cc1. The number of carbonyl (C=O) groups excluding carboxylic acids is 3. The zero-order valence-corrected chi connectivity index (χ0v) is 21.2. The predicted molar refractivity (Wildman–Crippen MR) is 141 cm³/mol. The molecule has 178 valence electrons.